The topological polar surface area (TPSA) is 27.1 Å². The zero-order chi connectivity index (χ0) is 10.7. The highest BCUT2D eigenvalue weighted by molar-refractivity contribution is 6.30. The summed E-state index contributed by atoms with van der Waals surface area (Å²) < 4.78 is 7.49. The summed E-state index contributed by atoms with van der Waals surface area (Å²) in [5.41, 5.74) is 1.02. The highest BCUT2D eigenvalue weighted by Gasteiger charge is 1.99. The van der Waals surface area contributed by atoms with E-state index in [1.54, 1.807) is 18.6 Å². The second kappa shape index (κ2) is 4.36. The number of benzene rings is 1. The number of hydrogen-bond acceptors (Lipinski definition) is 2. The van der Waals surface area contributed by atoms with Gasteiger partial charge in [0.15, 0.2) is 0 Å². The Morgan fingerprint density at radius 3 is 3.00 bits per heavy atom. The zero-order valence-electron chi connectivity index (χ0n) is 8.35. The van der Waals surface area contributed by atoms with E-state index in [0.717, 1.165) is 11.4 Å². The van der Waals surface area contributed by atoms with Gasteiger partial charge in [-0.25, -0.2) is 4.98 Å². The fourth-order valence-electron chi connectivity index (χ4n) is 1.24. The van der Waals surface area contributed by atoms with Gasteiger partial charge in [-0.1, -0.05) is 17.7 Å². The predicted octanol–water partition coefficient (Wildman–Crippen LogP) is 2.65. The lowest BCUT2D eigenvalue weighted by atomic mass is 10.3. The van der Waals surface area contributed by atoms with Gasteiger partial charge in [0.05, 0.1) is 18.2 Å². The van der Waals surface area contributed by atoms with Crippen molar-refractivity contribution in [2.75, 3.05) is 0 Å². The molecule has 2 rings (SSSR count). The maximum absolute atomic E-state index is 5.84. The molecule has 15 heavy (non-hydrogen) atoms. The third-order valence-corrected chi connectivity index (χ3v) is 2.33. The van der Waals surface area contributed by atoms with Gasteiger partial charge in [0, 0.05) is 12.1 Å². The highest BCUT2D eigenvalue weighted by Crippen LogP contribution is 2.18. The molecule has 0 spiro atoms. The molecule has 1 aromatic heterocycles. The number of halogens is 1. The summed E-state index contributed by atoms with van der Waals surface area (Å²) in [7, 11) is 1.93. The SMILES string of the molecule is Cn1cncc1COc1cccc(Cl)c1. The Morgan fingerprint density at radius 1 is 1.47 bits per heavy atom. The van der Waals surface area contributed by atoms with Crippen molar-refractivity contribution in [3.05, 3.63) is 47.5 Å². The van der Waals surface area contributed by atoms with Crippen molar-refractivity contribution in [2.45, 2.75) is 6.61 Å². The zero-order valence-corrected chi connectivity index (χ0v) is 9.11. The lowest BCUT2D eigenvalue weighted by Crippen LogP contribution is -2.00. The molecule has 0 saturated heterocycles. The van der Waals surface area contributed by atoms with Crippen LogP contribution in [0.2, 0.25) is 5.02 Å². The van der Waals surface area contributed by atoms with Gasteiger partial charge in [-0.05, 0) is 18.2 Å². The second-order valence-electron chi connectivity index (χ2n) is 3.24. The second-order valence-corrected chi connectivity index (χ2v) is 3.68. The maximum Gasteiger partial charge on any atom is 0.130 e. The van der Waals surface area contributed by atoms with Crippen molar-refractivity contribution < 1.29 is 4.74 Å². The molecule has 0 atom stereocenters. The molecular formula is C11H11ClN2O. The number of imidazole rings is 1. The van der Waals surface area contributed by atoms with Gasteiger partial charge in [0.1, 0.15) is 12.4 Å². The van der Waals surface area contributed by atoms with Gasteiger partial charge in [-0.2, -0.15) is 0 Å². The van der Waals surface area contributed by atoms with E-state index in [-0.39, 0.29) is 0 Å². The van der Waals surface area contributed by atoms with E-state index in [4.69, 9.17) is 16.3 Å². The first-order valence-corrected chi connectivity index (χ1v) is 4.97. The fraction of sp³-hybridized carbons (Fsp3) is 0.182. The van der Waals surface area contributed by atoms with Gasteiger partial charge in [0.25, 0.3) is 0 Å². The summed E-state index contributed by atoms with van der Waals surface area (Å²) in [6.45, 7) is 0.497. The molecule has 0 aliphatic rings. The number of hydrogen-bond donors (Lipinski definition) is 0. The summed E-state index contributed by atoms with van der Waals surface area (Å²) in [4.78, 5) is 4.01. The van der Waals surface area contributed by atoms with Crippen LogP contribution in [0.15, 0.2) is 36.8 Å². The summed E-state index contributed by atoms with van der Waals surface area (Å²) in [5.74, 6) is 0.767. The van der Waals surface area contributed by atoms with Gasteiger partial charge < -0.3 is 9.30 Å². The summed E-state index contributed by atoms with van der Waals surface area (Å²) in [6, 6.07) is 7.35. The first kappa shape index (κ1) is 10.1. The van der Waals surface area contributed by atoms with Gasteiger partial charge in [-0.3, -0.25) is 0 Å². The van der Waals surface area contributed by atoms with Crippen molar-refractivity contribution in [1.29, 1.82) is 0 Å². The standard InChI is InChI=1S/C11H11ClN2O/c1-14-8-13-6-10(14)7-15-11-4-2-3-9(12)5-11/h2-6,8H,7H2,1H3. The largest absolute Gasteiger partial charge is 0.487 e. The van der Waals surface area contributed by atoms with E-state index in [0.29, 0.717) is 11.6 Å². The molecular weight excluding hydrogens is 212 g/mol. The number of nitrogens with zero attached hydrogens (tertiary/aromatic N) is 2. The van der Waals surface area contributed by atoms with Gasteiger partial charge >= 0.3 is 0 Å². The number of aromatic nitrogens is 2. The van der Waals surface area contributed by atoms with Crippen LogP contribution in [0, 0.1) is 0 Å². The molecule has 0 aliphatic heterocycles. The van der Waals surface area contributed by atoms with Crippen LogP contribution in [0.5, 0.6) is 5.75 Å². The summed E-state index contributed by atoms with van der Waals surface area (Å²) >= 11 is 5.84. The van der Waals surface area contributed by atoms with Crippen LogP contribution in [0.25, 0.3) is 0 Å². The highest BCUT2D eigenvalue weighted by atomic mass is 35.5. The molecule has 3 nitrogen and oxygen atoms in total. The van der Waals surface area contributed by atoms with E-state index >= 15 is 0 Å². The fourth-order valence-corrected chi connectivity index (χ4v) is 1.42. The third-order valence-electron chi connectivity index (χ3n) is 2.10. The number of rotatable bonds is 3. The van der Waals surface area contributed by atoms with Crippen LogP contribution in [-0.2, 0) is 13.7 Å². The molecule has 0 N–H and O–H groups in total. The monoisotopic (exact) mass is 222 g/mol. The average Bonchev–Trinajstić information content (AvgIpc) is 2.61. The van der Waals surface area contributed by atoms with E-state index in [1.165, 1.54) is 0 Å². The Kier molecular flexibility index (Phi) is 2.92. The quantitative estimate of drug-likeness (QED) is 0.799. The number of ether oxygens (including phenoxy) is 1. The minimum Gasteiger partial charge on any atom is -0.487 e. The predicted molar refractivity (Wildman–Crippen MR) is 59.0 cm³/mol. The lowest BCUT2D eigenvalue weighted by Gasteiger charge is -2.06. The Balaban J connectivity index is 2.02. The van der Waals surface area contributed by atoms with E-state index in [1.807, 2.05) is 29.8 Å². The molecule has 0 saturated carbocycles. The van der Waals surface area contributed by atoms with Gasteiger partial charge in [0.2, 0.25) is 0 Å². The molecule has 2 aromatic rings. The Bertz CT molecular complexity index is 453. The first-order valence-electron chi connectivity index (χ1n) is 4.59. The normalized spacial score (nSPS) is 10.3. The summed E-state index contributed by atoms with van der Waals surface area (Å²) in [6.07, 6.45) is 3.53. The van der Waals surface area contributed by atoms with Crippen LogP contribution in [0.4, 0.5) is 0 Å². The van der Waals surface area contributed by atoms with Crippen LogP contribution in [0.1, 0.15) is 5.69 Å². The molecule has 0 fully saturated rings. The molecule has 0 amide bonds. The van der Waals surface area contributed by atoms with Crippen LogP contribution < -0.4 is 4.74 Å². The van der Waals surface area contributed by atoms with Crippen LogP contribution in [0.3, 0.4) is 0 Å². The van der Waals surface area contributed by atoms with Crippen LogP contribution in [-0.4, -0.2) is 9.55 Å². The molecule has 0 unspecified atom stereocenters. The average molecular weight is 223 g/mol. The van der Waals surface area contributed by atoms with Crippen molar-refractivity contribution in [3.8, 4) is 5.75 Å². The minimum atomic E-state index is 0.497. The molecule has 0 aliphatic carbocycles. The Hall–Kier alpha value is -1.48. The van der Waals surface area contributed by atoms with Crippen molar-refractivity contribution in [1.82, 2.24) is 9.55 Å². The van der Waals surface area contributed by atoms with Gasteiger partial charge in [-0.15, -0.1) is 0 Å². The molecule has 78 valence electrons. The lowest BCUT2D eigenvalue weighted by molar-refractivity contribution is 0.297. The molecule has 0 radical (unpaired) electrons. The summed E-state index contributed by atoms with van der Waals surface area (Å²) in [5, 5.41) is 0.678. The Morgan fingerprint density at radius 2 is 2.33 bits per heavy atom. The Labute approximate surface area is 93.3 Å². The van der Waals surface area contributed by atoms with Crippen LogP contribution >= 0.6 is 11.6 Å². The van der Waals surface area contributed by atoms with E-state index in [9.17, 15) is 0 Å². The smallest absolute Gasteiger partial charge is 0.130 e. The van der Waals surface area contributed by atoms with Crippen molar-refractivity contribution in [2.24, 2.45) is 7.05 Å². The third kappa shape index (κ3) is 2.50. The molecule has 1 heterocycles. The molecule has 0 bridgehead atoms. The first-order chi connectivity index (χ1) is 7.25. The number of aryl methyl sites for hydroxylation is 1. The van der Waals surface area contributed by atoms with E-state index < -0.39 is 0 Å². The van der Waals surface area contributed by atoms with Crippen molar-refractivity contribution in [3.63, 3.8) is 0 Å². The minimum absolute atomic E-state index is 0.497. The molecule has 4 heteroatoms. The maximum atomic E-state index is 5.84. The van der Waals surface area contributed by atoms with E-state index in [2.05, 4.69) is 4.98 Å². The molecule has 1 aromatic carbocycles. The van der Waals surface area contributed by atoms with Crippen molar-refractivity contribution >= 4 is 11.6 Å².